The van der Waals surface area contributed by atoms with Crippen molar-refractivity contribution in [3.8, 4) is 0 Å². The summed E-state index contributed by atoms with van der Waals surface area (Å²) in [6.07, 6.45) is -4.21. The molecule has 2 N–H and O–H groups in total. The van der Waals surface area contributed by atoms with Gasteiger partial charge < -0.3 is 5.73 Å². The van der Waals surface area contributed by atoms with Crippen LogP contribution in [-0.4, -0.2) is 32.0 Å². The van der Waals surface area contributed by atoms with Gasteiger partial charge in [0.1, 0.15) is 0 Å². The molecule has 1 aliphatic rings. The first-order valence-electron chi connectivity index (χ1n) is 6.55. The van der Waals surface area contributed by atoms with E-state index in [1.165, 1.54) is 6.07 Å². The molecule has 0 aromatic heterocycles. The van der Waals surface area contributed by atoms with Crippen LogP contribution in [0.3, 0.4) is 0 Å². The second kappa shape index (κ2) is 5.49. The molecule has 1 unspecified atom stereocenters. The minimum Gasteiger partial charge on any atom is -0.399 e. The Morgan fingerprint density at radius 3 is 2.62 bits per heavy atom. The van der Waals surface area contributed by atoms with E-state index in [0.29, 0.717) is 5.56 Å². The number of sulfonamides is 1. The van der Waals surface area contributed by atoms with Gasteiger partial charge in [0.15, 0.2) is 0 Å². The van der Waals surface area contributed by atoms with Crippen molar-refractivity contribution >= 4 is 15.7 Å². The molecule has 0 saturated carbocycles. The van der Waals surface area contributed by atoms with Gasteiger partial charge in [0, 0.05) is 18.8 Å². The fourth-order valence-corrected chi connectivity index (χ4v) is 4.25. The second-order valence-electron chi connectivity index (χ2n) is 5.27. The van der Waals surface area contributed by atoms with Crippen molar-refractivity contribution in [3.05, 3.63) is 23.8 Å². The maximum atomic E-state index is 12.8. The van der Waals surface area contributed by atoms with E-state index in [9.17, 15) is 21.6 Å². The van der Waals surface area contributed by atoms with Crippen LogP contribution in [0.4, 0.5) is 18.9 Å². The summed E-state index contributed by atoms with van der Waals surface area (Å²) in [5, 5.41) is 0. The SMILES string of the molecule is Cc1ccc(N)cc1S(=O)(=O)N1CCCC(C(F)(F)F)C1. The lowest BCUT2D eigenvalue weighted by Crippen LogP contribution is -2.44. The highest BCUT2D eigenvalue weighted by Crippen LogP contribution is 2.35. The molecule has 0 bridgehead atoms. The number of hydrogen-bond acceptors (Lipinski definition) is 3. The van der Waals surface area contributed by atoms with Crippen molar-refractivity contribution < 1.29 is 21.6 Å². The first kappa shape index (κ1) is 16.1. The maximum absolute atomic E-state index is 12.8. The van der Waals surface area contributed by atoms with E-state index >= 15 is 0 Å². The van der Waals surface area contributed by atoms with Gasteiger partial charge in [0.2, 0.25) is 10.0 Å². The van der Waals surface area contributed by atoms with Crippen molar-refractivity contribution in [3.63, 3.8) is 0 Å². The zero-order valence-electron chi connectivity index (χ0n) is 11.5. The molecule has 4 nitrogen and oxygen atoms in total. The van der Waals surface area contributed by atoms with Gasteiger partial charge >= 0.3 is 6.18 Å². The Morgan fingerprint density at radius 1 is 1.33 bits per heavy atom. The normalized spacial score (nSPS) is 21.4. The van der Waals surface area contributed by atoms with Crippen molar-refractivity contribution in [2.24, 2.45) is 5.92 Å². The van der Waals surface area contributed by atoms with Gasteiger partial charge in [0.25, 0.3) is 0 Å². The molecule has 0 aliphatic carbocycles. The first-order chi connectivity index (χ1) is 9.62. The van der Waals surface area contributed by atoms with Gasteiger partial charge in [-0.3, -0.25) is 0 Å². The molecule has 0 radical (unpaired) electrons. The Bertz CT molecular complexity index is 629. The van der Waals surface area contributed by atoms with E-state index in [1.54, 1.807) is 19.1 Å². The lowest BCUT2D eigenvalue weighted by molar-refractivity contribution is -0.182. The number of alkyl halides is 3. The fraction of sp³-hybridized carbons (Fsp3) is 0.538. The predicted molar refractivity (Wildman–Crippen MR) is 73.1 cm³/mol. The van der Waals surface area contributed by atoms with E-state index in [0.717, 1.165) is 4.31 Å². The van der Waals surface area contributed by atoms with E-state index in [-0.39, 0.29) is 30.0 Å². The molecular formula is C13H17F3N2O2S. The third kappa shape index (κ3) is 3.32. The summed E-state index contributed by atoms with van der Waals surface area (Å²) in [4.78, 5) is -0.0228. The third-order valence-electron chi connectivity index (χ3n) is 3.68. The topological polar surface area (TPSA) is 63.4 Å². The Labute approximate surface area is 121 Å². The van der Waals surface area contributed by atoms with Crippen LogP contribution in [0.5, 0.6) is 0 Å². The monoisotopic (exact) mass is 322 g/mol. The van der Waals surface area contributed by atoms with Crippen molar-refractivity contribution in [1.29, 1.82) is 0 Å². The van der Waals surface area contributed by atoms with Crippen LogP contribution in [-0.2, 0) is 10.0 Å². The lowest BCUT2D eigenvalue weighted by atomic mass is 9.99. The number of nitrogen functional groups attached to an aromatic ring is 1. The van der Waals surface area contributed by atoms with Crippen molar-refractivity contribution in [1.82, 2.24) is 4.31 Å². The largest absolute Gasteiger partial charge is 0.399 e. The van der Waals surface area contributed by atoms with Gasteiger partial charge in [-0.15, -0.1) is 0 Å². The van der Waals surface area contributed by atoms with Gasteiger partial charge in [0.05, 0.1) is 10.8 Å². The molecule has 1 fully saturated rings. The molecule has 2 rings (SSSR count). The first-order valence-corrected chi connectivity index (χ1v) is 7.99. The van der Waals surface area contributed by atoms with Gasteiger partial charge in [-0.05, 0) is 37.5 Å². The zero-order valence-corrected chi connectivity index (χ0v) is 12.3. The summed E-state index contributed by atoms with van der Waals surface area (Å²) in [6, 6.07) is 4.40. The average molecular weight is 322 g/mol. The maximum Gasteiger partial charge on any atom is 0.393 e. The second-order valence-corrected chi connectivity index (χ2v) is 7.18. The van der Waals surface area contributed by atoms with Gasteiger partial charge in [-0.1, -0.05) is 6.07 Å². The number of nitrogens with zero attached hydrogens (tertiary/aromatic N) is 1. The number of benzene rings is 1. The molecule has 8 heteroatoms. The van der Waals surface area contributed by atoms with Crippen LogP contribution < -0.4 is 5.73 Å². The molecular weight excluding hydrogens is 305 g/mol. The number of anilines is 1. The van der Waals surface area contributed by atoms with Crippen LogP contribution in [0.1, 0.15) is 18.4 Å². The summed E-state index contributed by atoms with van der Waals surface area (Å²) >= 11 is 0. The minimum absolute atomic E-state index is 0.0228. The van der Waals surface area contributed by atoms with Gasteiger partial charge in [-0.2, -0.15) is 17.5 Å². The number of piperidine rings is 1. The summed E-state index contributed by atoms with van der Waals surface area (Å²) in [7, 11) is -3.96. The standard InChI is InChI=1S/C13H17F3N2O2S/c1-9-4-5-11(17)7-12(9)21(19,20)18-6-2-3-10(8-18)13(14,15)16/h4-5,7,10H,2-3,6,8,17H2,1H3. The predicted octanol–water partition coefficient (Wildman–Crippen LogP) is 2.54. The van der Waals surface area contributed by atoms with Crippen LogP contribution in [0.25, 0.3) is 0 Å². The van der Waals surface area contributed by atoms with Crippen LogP contribution in [0.15, 0.2) is 23.1 Å². The van der Waals surface area contributed by atoms with Crippen LogP contribution in [0, 0.1) is 12.8 Å². The number of aryl methyl sites for hydroxylation is 1. The molecule has 1 aromatic rings. The molecule has 1 heterocycles. The molecule has 1 aromatic carbocycles. The quantitative estimate of drug-likeness (QED) is 0.851. The smallest absolute Gasteiger partial charge is 0.393 e. The van der Waals surface area contributed by atoms with Crippen LogP contribution >= 0.6 is 0 Å². The van der Waals surface area contributed by atoms with Crippen molar-refractivity contribution in [2.75, 3.05) is 18.8 Å². The van der Waals surface area contributed by atoms with E-state index < -0.39 is 28.7 Å². The highest BCUT2D eigenvalue weighted by atomic mass is 32.2. The highest BCUT2D eigenvalue weighted by molar-refractivity contribution is 7.89. The number of hydrogen-bond donors (Lipinski definition) is 1. The summed E-state index contributed by atoms with van der Waals surface area (Å²) in [6.45, 7) is 1.17. The molecule has 1 atom stereocenters. The van der Waals surface area contributed by atoms with E-state index in [2.05, 4.69) is 0 Å². The Hall–Kier alpha value is -1.28. The molecule has 1 saturated heterocycles. The van der Waals surface area contributed by atoms with Crippen molar-refractivity contribution in [2.45, 2.75) is 30.8 Å². The highest BCUT2D eigenvalue weighted by Gasteiger charge is 2.44. The van der Waals surface area contributed by atoms with E-state index in [1.807, 2.05) is 0 Å². The molecule has 21 heavy (non-hydrogen) atoms. The Balaban J connectivity index is 2.33. The third-order valence-corrected chi connectivity index (χ3v) is 5.68. The fourth-order valence-electron chi connectivity index (χ4n) is 2.46. The summed E-state index contributed by atoms with van der Waals surface area (Å²) in [5.41, 5.74) is 6.33. The zero-order chi connectivity index (χ0) is 15.8. The number of nitrogens with two attached hydrogens (primary N) is 1. The Morgan fingerprint density at radius 2 is 2.00 bits per heavy atom. The molecule has 0 spiro atoms. The molecule has 0 amide bonds. The van der Waals surface area contributed by atoms with Crippen LogP contribution in [0.2, 0.25) is 0 Å². The Kier molecular flexibility index (Phi) is 4.21. The molecule has 1 aliphatic heterocycles. The van der Waals surface area contributed by atoms with E-state index in [4.69, 9.17) is 5.73 Å². The number of rotatable bonds is 2. The van der Waals surface area contributed by atoms with Gasteiger partial charge in [-0.25, -0.2) is 8.42 Å². The summed E-state index contributed by atoms with van der Waals surface area (Å²) in [5.74, 6) is -1.61. The average Bonchev–Trinajstić information content (AvgIpc) is 2.40. The molecule has 118 valence electrons. The minimum atomic E-state index is -4.38. The number of halogens is 3. The summed E-state index contributed by atoms with van der Waals surface area (Å²) < 4.78 is 64.4. The lowest BCUT2D eigenvalue weighted by Gasteiger charge is -2.33.